The molecule has 6 heteroatoms. The lowest BCUT2D eigenvalue weighted by atomic mass is 10.1. The summed E-state index contributed by atoms with van der Waals surface area (Å²) in [4.78, 5) is 10.0. The van der Waals surface area contributed by atoms with E-state index in [0.717, 1.165) is 31.3 Å². The summed E-state index contributed by atoms with van der Waals surface area (Å²) in [7, 11) is 0. The van der Waals surface area contributed by atoms with Gasteiger partial charge in [-0.25, -0.2) is 4.99 Å². The molecule has 0 spiro atoms. The van der Waals surface area contributed by atoms with Gasteiger partial charge in [-0.2, -0.15) is 0 Å². The summed E-state index contributed by atoms with van der Waals surface area (Å²) in [5.74, 6) is 2.03. The van der Waals surface area contributed by atoms with Crippen LogP contribution in [0.3, 0.4) is 0 Å². The fraction of sp³-hybridized carbons (Fsp3) is 0.667. The monoisotopic (exact) mass is 486 g/mol. The van der Waals surface area contributed by atoms with Crippen molar-refractivity contribution < 1.29 is 4.74 Å². The van der Waals surface area contributed by atoms with Crippen LogP contribution in [0.2, 0.25) is 0 Å². The van der Waals surface area contributed by atoms with Crippen molar-refractivity contribution in [1.29, 1.82) is 0 Å². The summed E-state index contributed by atoms with van der Waals surface area (Å²) in [5, 5.41) is 3.48. The second-order valence-corrected chi connectivity index (χ2v) is 7.33. The Balaban J connectivity index is 0.00000261. The molecule has 0 aromatic heterocycles. The SMILES string of the molecule is CCNC(=NCc1ccc(OCC)c(C)c1)N1CCC(N2CCCC2)C1.I. The molecule has 0 amide bonds. The highest BCUT2D eigenvalue weighted by atomic mass is 127. The van der Waals surface area contributed by atoms with E-state index in [1.165, 1.54) is 43.5 Å². The van der Waals surface area contributed by atoms with Gasteiger partial charge in [0.15, 0.2) is 5.96 Å². The van der Waals surface area contributed by atoms with Gasteiger partial charge in [0.05, 0.1) is 13.2 Å². The molecule has 2 saturated heterocycles. The van der Waals surface area contributed by atoms with Crippen LogP contribution in [0.15, 0.2) is 23.2 Å². The molecule has 1 atom stereocenters. The van der Waals surface area contributed by atoms with Crippen molar-refractivity contribution in [2.24, 2.45) is 4.99 Å². The van der Waals surface area contributed by atoms with Crippen LogP contribution < -0.4 is 10.1 Å². The molecule has 27 heavy (non-hydrogen) atoms. The molecule has 152 valence electrons. The molecular weight excluding hydrogens is 451 g/mol. The molecule has 1 N–H and O–H groups in total. The smallest absolute Gasteiger partial charge is 0.194 e. The third-order valence-corrected chi connectivity index (χ3v) is 5.41. The first-order valence-corrected chi connectivity index (χ1v) is 10.2. The van der Waals surface area contributed by atoms with Crippen LogP contribution in [-0.4, -0.2) is 61.1 Å². The zero-order chi connectivity index (χ0) is 18.4. The number of rotatable bonds is 6. The van der Waals surface area contributed by atoms with Crippen LogP contribution in [0.4, 0.5) is 0 Å². The van der Waals surface area contributed by atoms with Gasteiger partial charge in [0.25, 0.3) is 0 Å². The third-order valence-electron chi connectivity index (χ3n) is 5.41. The highest BCUT2D eigenvalue weighted by Gasteiger charge is 2.30. The summed E-state index contributed by atoms with van der Waals surface area (Å²) in [6.07, 6.45) is 3.98. The normalized spacial score (nSPS) is 20.6. The van der Waals surface area contributed by atoms with E-state index in [1.807, 2.05) is 6.92 Å². The zero-order valence-corrected chi connectivity index (χ0v) is 19.4. The minimum absolute atomic E-state index is 0. The minimum Gasteiger partial charge on any atom is -0.494 e. The molecule has 2 aliphatic heterocycles. The fourth-order valence-electron chi connectivity index (χ4n) is 4.06. The molecule has 1 aromatic carbocycles. The van der Waals surface area contributed by atoms with Crippen LogP contribution in [0, 0.1) is 6.92 Å². The first-order valence-electron chi connectivity index (χ1n) is 10.2. The van der Waals surface area contributed by atoms with Gasteiger partial charge < -0.3 is 15.0 Å². The van der Waals surface area contributed by atoms with Crippen molar-refractivity contribution in [2.75, 3.05) is 39.3 Å². The Morgan fingerprint density at radius 3 is 2.67 bits per heavy atom. The summed E-state index contributed by atoms with van der Waals surface area (Å²) in [5.41, 5.74) is 2.41. The Labute approximate surface area is 181 Å². The Morgan fingerprint density at radius 2 is 2.00 bits per heavy atom. The Hall–Kier alpha value is -1.02. The molecule has 0 radical (unpaired) electrons. The van der Waals surface area contributed by atoms with E-state index in [-0.39, 0.29) is 24.0 Å². The van der Waals surface area contributed by atoms with E-state index < -0.39 is 0 Å². The number of benzene rings is 1. The Kier molecular flexibility index (Phi) is 9.15. The molecule has 0 bridgehead atoms. The second-order valence-electron chi connectivity index (χ2n) is 7.33. The molecule has 2 aliphatic rings. The lowest BCUT2D eigenvalue weighted by Crippen LogP contribution is -2.42. The highest BCUT2D eigenvalue weighted by Crippen LogP contribution is 2.22. The Bertz CT molecular complexity index is 616. The van der Waals surface area contributed by atoms with Crippen molar-refractivity contribution in [1.82, 2.24) is 15.1 Å². The number of nitrogens with zero attached hydrogens (tertiary/aromatic N) is 3. The number of aryl methyl sites for hydroxylation is 1. The summed E-state index contributed by atoms with van der Waals surface area (Å²) in [6, 6.07) is 7.08. The second kappa shape index (κ2) is 11.1. The number of hydrogen-bond donors (Lipinski definition) is 1. The quantitative estimate of drug-likeness (QED) is 0.379. The molecule has 2 heterocycles. The number of guanidine groups is 1. The largest absolute Gasteiger partial charge is 0.494 e. The first-order chi connectivity index (χ1) is 12.7. The number of hydrogen-bond acceptors (Lipinski definition) is 3. The number of likely N-dealkylation sites (tertiary alicyclic amines) is 2. The van der Waals surface area contributed by atoms with E-state index in [9.17, 15) is 0 Å². The lowest BCUT2D eigenvalue weighted by molar-refractivity contribution is 0.249. The van der Waals surface area contributed by atoms with E-state index in [0.29, 0.717) is 19.2 Å². The van der Waals surface area contributed by atoms with E-state index >= 15 is 0 Å². The molecule has 2 fully saturated rings. The standard InChI is InChI=1S/C21H34N4O.HI/c1-4-22-21(25-13-10-19(16-25)24-11-6-7-12-24)23-15-18-8-9-20(26-5-2)17(3)14-18;/h8-9,14,19H,4-7,10-13,15-16H2,1-3H3,(H,22,23);1H. The van der Waals surface area contributed by atoms with Gasteiger partial charge in [0, 0.05) is 25.7 Å². The third kappa shape index (κ3) is 5.98. The topological polar surface area (TPSA) is 40.1 Å². The first kappa shape index (κ1) is 22.3. The van der Waals surface area contributed by atoms with Crippen LogP contribution in [-0.2, 0) is 6.54 Å². The lowest BCUT2D eigenvalue weighted by Gasteiger charge is -2.25. The van der Waals surface area contributed by atoms with Crippen molar-refractivity contribution in [3.05, 3.63) is 29.3 Å². The van der Waals surface area contributed by atoms with Gasteiger partial charge in [0.1, 0.15) is 5.75 Å². The van der Waals surface area contributed by atoms with Gasteiger partial charge in [-0.3, -0.25) is 4.90 Å². The van der Waals surface area contributed by atoms with Gasteiger partial charge in [-0.15, -0.1) is 24.0 Å². The molecule has 5 nitrogen and oxygen atoms in total. The van der Waals surface area contributed by atoms with E-state index in [2.05, 4.69) is 47.2 Å². The maximum atomic E-state index is 5.64. The molecule has 0 aliphatic carbocycles. The van der Waals surface area contributed by atoms with Crippen LogP contribution in [0.5, 0.6) is 5.75 Å². The average molecular weight is 486 g/mol. The van der Waals surface area contributed by atoms with Gasteiger partial charge in [-0.05, 0) is 70.3 Å². The molecule has 0 saturated carbocycles. The van der Waals surface area contributed by atoms with Crippen molar-refractivity contribution in [3.63, 3.8) is 0 Å². The fourth-order valence-corrected chi connectivity index (χ4v) is 4.06. The van der Waals surface area contributed by atoms with Gasteiger partial charge >= 0.3 is 0 Å². The summed E-state index contributed by atoms with van der Waals surface area (Å²) >= 11 is 0. The molecule has 3 rings (SSSR count). The van der Waals surface area contributed by atoms with Gasteiger partial charge in [0.2, 0.25) is 0 Å². The van der Waals surface area contributed by atoms with Crippen molar-refractivity contribution >= 4 is 29.9 Å². The minimum atomic E-state index is 0. The van der Waals surface area contributed by atoms with Crippen LogP contribution >= 0.6 is 24.0 Å². The van der Waals surface area contributed by atoms with Crippen molar-refractivity contribution in [2.45, 2.75) is 52.6 Å². The summed E-state index contributed by atoms with van der Waals surface area (Å²) < 4.78 is 5.64. The van der Waals surface area contributed by atoms with Gasteiger partial charge in [-0.1, -0.05) is 12.1 Å². The van der Waals surface area contributed by atoms with Crippen molar-refractivity contribution in [3.8, 4) is 5.75 Å². The predicted octanol–water partition coefficient (Wildman–Crippen LogP) is 3.65. The highest BCUT2D eigenvalue weighted by molar-refractivity contribution is 14.0. The maximum absolute atomic E-state index is 5.64. The zero-order valence-electron chi connectivity index (χ0n) is 17.0. The summed E-state index contributed by atoms with van der Waals surface area (Å²) in [6.45, 7) is 13.3. The number of halogens is 1. The van der Waals surface area contributed by atoms with Crippen LogP contribution in [0.25, 0.3) is 0 Å². The van der Waals surface area contributed by atoms with Crippen LogP contribution in [0.1, 0.15) is 44.2 Å². The molecule has 1 unspecified atom stereocenters. The van der Waals surface area contributed by atoms with E-state index in [4.69, 9.17) is 9.73 Å². The Morgan fingerprint density at radius 1 is 1.22 bits per heavy atom. The number of aliphatic imine (C=N–C) groups is 1. The molecular formula is C21H35IN4O. The number of nitrogens with one attached hydrogen (secondary N) is 1. The van der Waals surface area contributed by atoms with E-state index in [1.54, 1.807) is 0 Å². The predicted molar refractivity (Wildman–Crippen MR) is 123 cm³/mol. The molecule has 1 aromatic rings. The number of ether oxygens (including phenoxy) is 1. The maximum Gasteiger partial charge on any atom is 0.194 e. The average Bonchev–Trinajstić information content (AvgIpc) is 3.32.